The summed E-state index contributed by atoms with van der Waals surface area (Å²) in [4.78, 5) is 32.8. The Balaban J connectivity index is 2.47. The molecule has 1 saturated carbocycles. The quantitative estimate of drug-likeness (QED) is 0.484. The summed E-state index contributed by atoms with van der Waals surface area (Å²) in [5.41, 5.74) is 4.85. The molecule has 3 amide bonds. The van der Waals surface area contributed by atoms with Crippen molar-refractivity contribution in [2.75, 3.05) is 0 Å². The molecular weight excluding hydrogens is 214 g/mol. The molecule has 90 valence electrons. The van der Waals surface area contributed by atoms with Crippen LogP contribution in [0.4, 0.5) is 4.79 Å². The van der Waals surface area contributed by atoms with Crippen molar-refractivity contribution < 1.29 is 19.5 Å². The molecule has 0 heterocycles. The summed E-state index contributed by atoms with van der Waals surface area (Å²) in [7, 11) is 0. The standard InChI is InChI=1S/C9H15N3O4/c1-4(11-9(10)16)7(13)12-6(8(14)15)5-2-3-5/h4-6H,2-3H2,1H3,(H,12,13)(H,14,15)(H3,10,11,16). The molecule has 0 aromatic carbocycles. The van der Waals surface area contributed by atoms with Gasteiger partial charge in [-0.3, -0.25) is 4.79 Å². The third kappa shape index (κ3) is 3.41. The highest BCUT2D eigenvalue weighted by Gasteiger charge is 2.37. The topological polar surface area (TPSA) is 122 Å². The molecule has 1 aliphatic carbocycles. The average Bonchev–Trinajstić information content (AvgIpc) is 2.95. The van der Waals surface area contributed by atoms with Crippen LogP contribution in [0.15, 0.2) is 0 Å². The second kappa shape index (κ2) is 4.82. The highest BCUT2D eigenvalue weighted by atomic mass is 16.4. The van der Waals surface area contributed by atoms with E-state index in [9.17, 15) is 14.4 Å². The first-order valence-corrected chi connectivity index (χ1v) is 5.01. The number of carboxylic acid groups (broad SMARTS) is 1. The number of carboxylic acids is 1. The van der Waals surface area contributed by atoms with Gasteiger partial charge in [-0.25, -0.2) is 9.59 Å². The van der Waals surface area contributed by atoms with Gasteiger partial charge in [-0.15, -0.1) is 0 Å². The molecule has 0 aromatic heterocycles. The number of carbonyl (C=O) groups excluding carboxylic acids is 2. The molecule has 7 heteroatoms. The predicted molar refractivity (Wildman–Crippen MR) is 54.5 cm³/mol. The zero-order valence-corrected chi connectivity index (χ0v) is 8.90. The highest BCUT2D eigenvalue weighted by molar-refractivity contribution is 5.89. The second-order valence-electron chi connectivity index (χ2n) is 3.89. The number of hydrogen-bond acceptors (Lipinski definition) is 3. The van der Waals surface area contributed by atoms with Crippen molar-refractivity contribution in [3.05, 3.63) is 0 Å². The van der Waals surface area contributed by atoms with Crippen molar-refractivity contribution in [1.82, 2.24) is 10.6 Å². The summed E-state index contributed by atoms with van der Waals surface area (Å²) >= 11 is 0. The van der Waals surface area contributed by atoms with Crippen LogP contribution in [0.5, 0.6) is 0 Å². The summed E-state index contributed by atoms with van der Waals surface area (Å²) in [5.74, 6) is -1.59. The summed E-state index contributed by atoms with van der Waals surface area (Å²) in [6.45, 7) is 1.44. The molecule has 1 aliphatic rings. The summed E-state index contributed by atoms with van der Waals surface area (Å²) in [5, 5.41) is 13.4. The maximum absolute atomic E-state index is 11.5. The molecular formula is C9H15N3O4. The van der Waals surface area contributed by atoms with Gasteiger partial charge in [0.25, 0.3) is 0 Å². The summed E-state index contributed by atoms with van der Waals surface area (Å²) < 4.78 is 0. The van der Waals surface area contributed by atoms with E-state index >= 15 is 0 Å². The highest BCUT2D eigenvalue weighted by Crippen LogP contribution is 2.32. The van der Waals surface area contributed by atoms with Crippen molar-refractivity contribution >= 4 is 17.9 Å². The maximum Gasteiger partial charge on any atom is 0.326 e. The first kappa shape index (κ1) is 12.3. The zero-order valence-electron chi connectivity index (χ0n) is 8.90. The fraction of sp³-hybridized carbons (Fsp3) is 0.667. The van der Waals surface area contributed by atoms with Crippen LogP contribution in [0, 0.1) is 5.92 Å². The Hall–Kier alpha value is -1.79. The average molecular weight is 229 g/mol. The molecule has 0 aliphatic heterocycles. The maximum atomic E-state index is 11.5. The third-order valence-electron chi connectivity index (χ3n) is 2.41. The number of urea groups is 1. The van der Waals surface area contributed by atoms with Crippen molar-refractivity contribution in [3.8, 4) is 0 Å². The lowest BCUT2D eigenvalue weighted by Gasteiger charge is -2.17. The zero-order chi connectivity index (χ0) is 12.3. The van der Waals surface area contributed by atoms with E-state index in [1.807, 2.05) is 0 Å². The lowest BCUT2D eigenvalue weighted by molar-refractivity contribution is -0.142. The summed E-state index contributed by atoms with van der Waals surface area (Å²) in [6, 6.07) is -2.52. The molecule has 1 rings (SSSR count). The molecule has 16 heavy (non-hydrogen) atoms. The first-order valence-electron chi connectivity index (χ1n) is 5.01. The van der Waals surface area contributed by atoms with Gasteiger partial charge in [-0.1, -0.05) is 0 Å². The minimum atomic E-state index is -1.05. The number of nitrogens with one attached hydrogen (secondary N) is 2. The molecule has 0 spiro atoms. The van der Waals surface area contributed by atoms with E-state index in [0.29, 0.717) is 0 Å². The van der Waals surface area contributed by atoms with E-state index in [4.69, 9.17) is 10.8 Å². The number of nitrogens with two attached hydrogens (primary N) is 1. The van der Waals surface area contributed by atoms with Gasteiger partial charge >= 0.3 is 12.0 Å². The molecule has 0 bridgehead atoms. The number of primary amides is 1. The van der Waals surface area contributed by atoms with Crippen LogP contribution in [0.3, 0.4) is 0 Å². The molecule has 2 atom stereocenters. The first-order chi connectivity index (χ1) is 7.41. The molecule has 5 N–H and O–H groups in total. The Morgan fingerprint density at radius 3 is 2.25 bits per heavy atom. The van der Waals surface area contributed by atoms with E-state index in [1.165, 1.54) is 6.92 Å². The van der Waals surface area contributed by atoms with E-state index in [-0.39, 0.29) is 5.92 Å². The molecule has 2 unspecified atom stereocenters. The van der Waals surface area contributed by atoms with Gasteiger partial charge in [0.05, 0.1) is 0 Å². The number of rotatable bonds is 5. The Morgan fingerprint density at radius 2 is 1.88 bits per heavy atom. The van der Waals surface area contributed by atoms with Crippen LogP contribution in [0.2, 0.25) is 0 Å². The van der Waals surface area contributed by atoms with Gasteiger partial charge in [-0.2, -0.15) is 0 Å². The normalized spacial score (nSPS) is 18.3. The van der Waals surface area contributed by atoms with Crippen molar-refractivity contribution in [2.45, 2.75) is 31.8 Å². The van der Waals surface area contributed by atoms with Gasteiger partial charge in [0.2, 0.25) is 5.91 Å². The minimum Gasteiger partial charge on any atom is -0.480 e. The van der Waals surface area contributed by atoms with E-state index < -0.39 is 30.0 Å². The van der Waals surface area contributed by atoms with Crippen LogP contribution in [0.1, 0.15) is 19.8 Å². The molecule has 0 radical (unpaired) electrons. The van der Waals surface area contributed by atoms with Crippen LogP contribution >= 0.6 is 0 Å². The SMILES string of the molecule is CC(NC(N)=O)C(=O)NC(C(=O)O)C1CC1. The Kier molecular flexibility index (Phi) is 3.70. The third-order valence-corrected chi connectivity index (χ3v) is 2.41. The van der Waals surface area contributed by atoms with Crippen LogP contribution < -0.4 is 16.4 Å². The summed E-state index contributed by atoms with van der Waals surface area (Å²) in [6.07, 6.45) is 1.60. The van der Waals surface area contributed by atoms with Crippen LogP contribution in [-0.2, 0) is 9.59 Å². The minimum absolute atomic E-state index is 0.00206. The van der Waals surface area contributed by atoms with Gasteiger partial charge in [0.1, 0.15) is 12.1 Å². The molecule has 7 nitrogen and oxygen atoms in total. The number of aliphatic carboxylic acids is 1. The fourth-order valence-corrected chi connectivity index (χ4v) is 1.37. The largest absolute Gasteiger partial charge is 0.480 e. The van der Waals surface area contributed by atoms with Crippen LogP contribution in [0.25, 0.3) is 0 Å². The smallest absolute Gasteiger partial charge is 0.326 e. The monoisotopic (exact) mass is 229 g/mol. The molecule has 0 saturated heterocycles. The van der Waals surface area contributed by atoms with Gasteiger partial charge < -0.3 is 21.5 Å². The Morgan fingerprint density at radius 1 is 1.31 bits per heavy atom. The van der Waals surface area contributed by atoms with Crippen LogP contribution in [-0.4, -0.2) is 35.1 Å². The van der Waals surface area contributed by atoms with Gasteiger partial charge in [0.15, 0.2) is 0 Å². The van der Waals surface area contributed by atoms with E-state index in [1.54, 1.807) is 0 Å². The number of hydrogen-bond donors (Lipinski definition) is 4. The van der Waals surface area contributed by atoms with E-state index in [0.717, 1.165) is 12.8 Å². The lowest BCUT2D eigenvalue weighted by atomic mass is 10.1. The predicted octanol–water partition coefficient (Wildman–Crippen LogP) is -0.977. The van der Waals surface area contributed by atoms with E-state index in [2.05, 4.69) is 10.6 Å². The Labute approximate surface area is 92.4 Å². The fourth-order valence-electron chi connectivity index (χ4n) is 1.37. The van der Waals surface area contributed by atoms with Gasteiger partial charge in [0, 0.05) is 0 Å². The molecule has 0 aromatic rings. The number of carbonyl (C=O) groups is 3. The van der Waals surface area contributed by atoms with Crippen molar-refractivity contribution in [1.29, 1.82) is 0 Å². The second-order valence-corrected chi connectivity index (χ2v) is 3.89. The lowest BCUT2D eigenvalue weighted by Crippen LogP contribution is -2.52. The van der Waals surface area contributed by atoms with Crippen molar-refractivity contribution in [2.24, 2.45) is 11.7 Å². The molecule has 1 fully saturated rings. The number of amides is 3. The van der Waals surface area contributed by atoms with Gasteiger partial charge in [-0.05, 0) is 25.7 Å². The van der Waals surface area contributed by atoms with Crippen molar-refractivity contribution in [3.63, 3.8) is 0 Å². The Bertz CT molecular complexity index is 314.